The average Bonchev–Trinajstić information content (AvgIpc) is 2.91. The number of unbranched alkanes of at least 4 members (excludes halogenated alkanes) is 3. The molecule has 2 unspecified atom stereocenters. The van der Waals surface area contributed by atoms with Crippen molar-refractivity contribution in [3.05, 3.63) is 35.9 Å². The lowest BCUT2D eigenvalue weighted by Crippen LogP contribution is -2.58. The van der Waals surface area contributed by atoms with Crippen LogP contribution in [0.15, 0.2) is 30.3 Å². The van der Waals surface area contributed by atoms with E-state index in [0.29, 0.717) is 6.42 Å². The highest BCUT2D eigenvalue weighted by molar-refractivity contribution is 5.94. The fourth-order valence-electron chi connectivity index (χ4n) is 4.85. The highest BCUT2D eigenvalue weighted by Crippen LogP contribution is 2.22. The third-order valence-corrected chi connectivity index (χ3v) is 7.75. The second kappa shape index (κ2) is 16.3. The number of esters is 1. The first-order valence-corrected chi connectivity index (χ1v) is 14.7. The van der Waals surface area contributed by atoms with Crippen LogP contribution in [0.25, 0.3) is 0 Å². The Kier molecular flexibility index (Phi) is 13.5. The van der Waals surface area contributed by atoms with Gasteiger partial charge in [0.15, 0.2) is 0 Å². The van der Waals surface area contributed by atoms with Gasteiger partial charge in [0.2, 0.25) is 17.7 Å². The number of carbonyl (C=O) groups is 4. The zero-order valence-corrected chi connectivity index (χ0v) is 24.6. The number of hydrogen-bond acceptors (Lipinski definition) is 5. The maximum absolute atomic E-state index is 13.6. The van der Waals surface area contributed by atoms with Crippen molar-refractivity contribution < 1.29 is 23.9 Å². The molecule has 1 fully saturated rings. The molecule has 1 heterocycles. The van der Waals surface area contributed by atoms with Crippen molar-refractivity contribution in [2.75, 3.05) is 0 Å². The monoisotopic (exact) mass is 543 g/mol. The van der Waals surface area contributed by atoms with Crippen molar-refractivity contribution in [1.29, 1.82) is 0 Å². The van der Waals surface area contributed by atoms with Crippen molar-refractivity contribution in [2.45, 2.75) is 117 Å². The van der Waals surface area contributed by atoms with Crippen LogP contribution >= 0.6 is 0 Å². The summed E-state index contributed by atoms with van der Waals surface area (Å²) < 4.78 is 5.99. The summed E-state index contributed by atoms with van der Waals surface area (Å²) in [4.78, 5) is 53.7. The Labute approximate surface area is 234 Å². The maximum Gasteiger partial charge on any atom is 0.329 e. The van der Waals surface area contributed by atoms with E-state index < -0.39 is 42.0 Å². The van der Waals surface area contributed by atoms with Crippen molar-refractivity contribution in [3.63, 3.8) is 0 Å². The zero-order valence-electron chi connectivity index (χ0n) is 24.6. The minimum absolute atomic E-state index is 0.0359. The number of hydrogen-bond donors (Lipinski definition) is 3. The summed E-state index contributed by atoms with van der Waals surface area (Å²) in [5.74, 6) is -2.22. The Morgan fingerprint density at radius 3 is 2.13 bits per heavy atom. The van der Waals surface area contributed by atoms with Crippen molar-refractivity contribution in [1.82, 2.24) is 16.0 Å². The van der Waals surface area contributed by atoms with Gasteiger partial charge in [-0.1, -0.05) is 104 Å². The van der Waals surface area contributed by atoms with Crippen LogP contribution < -0.4 is 16.0 Å². The number of nitrogens with one attached hydrogen (secondary N) is 3. The molecule has 8 nitrogen and oxygen atoms in total. The molecule has 1 aliphatic heterocycles. The molecule has 0 aliphatic carbocycles. The first-order valence-electron chi connectivity index (χ1n) is 14.7. The summed E-state index contributed by atoms with van der Waals surface area (Å²) in [6.07, 6.45) is 5.33. The van der Waals surface area contributed by atoms with E-state index in [4.69, 9.17) is 4.74 Å². The molecule has 8 heteroatoms. The van der Waals surface area contributed by atoms with E-state index >= 15 is 0 Å². The molecular weight excluding hydrogens is 494 g/mol. The number of benzene rings is 1. The van der Waals surface area contributed by atoms with Gasteiger partial charge in [0.1, 0.15) is 24.2 Å². The van der Waals surface area contributed by atoms with Gasteiger partial charge in [0.05, 0.1) is 6.42 Å². The standard InChI is InChI=1S/C31H49N3O5/c1-7-9-10-12-15-22(6)25-19-26(35)33-27(20(3)4)30(37)32-24(18-23-16-13-11-14-17-23)29(36)34-28(21(5)8-2)31(38)39-25/h11,13-14,16-17,20-22,24-25,27-28H,7-10,12,15,18-19H2,1-6H3,(H,32,37)(H,33,35)(H,34,36)/t21-,22?,24+,25?,27+,28-/m1/s1. The molecule has 39 heavy (non-hydrogen) atoms. The third-order valence-electron chi connectivity index (χ3n) is 7.75. The molecule has 0 saturated carbocycles. The molecule has 3 N–H and O–H groups in total. The summed E-state index contributed by atoms with van der Waals surface area (Å²) in [6, 6.07) is 6.75. The maximum atomic E-state index is 13.6. The third kappa shape index (κ3) is 10.3. The highest BCUT2D eigenvalue weighted by atomic mass is 16.5. The lowest BCUT2D eigenvalue weighted by molar-refractivity contribution is -0.158. The number of amides is 3. The fourth-order valence-corrected chi connectivity index (χ4v) is 4.85. The van der Waals surface area contributed by atoms with Gasteiger partial charge in [-0.05, 0) is 29.7 Å². The lowest BCUT2D eigenvalue weighted by Gasteiger charge is -2.29. The Hall–Kier alpha value is -2.90. The normalized spacial score (nSPS) is 24.8. The topological polar surface area (TPSA) is 114 Å². The lowest BCUT2D eigenvalue weighted by atomic mass is 9.93. The molecule has 0 bridgehead atoms. The summed E-state index contributed by atoms with van der Waals surface area (Å²) in [7, 11) is 0. The summed E-state index contributed by atoms with van der Waals surface area (Å²) >= 11 is 0. The van der Waals surface area contributed by atoms with Crippen LogP contribution in [0.1, 0.15) is 92.1 Å². The first-order chi connectivity index (χ1) is 18.6. The van der Waals surface area contributed by atoms with E-state index in [1.807, 2.05) is 65.0 Å². The molecule has 0 spiro atoms. The Morgan fingerprint density at radius 2 is 1.51 bits per heavy atom. The number of rotatable bonds is 11. The second-order valence-corrected chi connectivity index (χ2v) is 11.4. The molecule has 2 rings (SSSR count). The minimum atomic E-state index is -0.925. The number of cyclic esters (lactones) is 1. The number of ether oxygens (including phenoxy) is 1. The smallest absolute Gasteiger partial charge is 0.329 e. The minimum Gasteiger partial charge on any atom is -0.460 e. The van der Waals surface area contributed by atoms with Gasteiger partial charge < -0.3 is 20.7 Å². The quantitative estimate of drug-likeness (QED) is 0.284. The Morgan fingerprint density at radius 1 is 0.821 bits per heavy atom. The molecule has 1 aromatic rings. The summed E-state index contributed by atoms with van der Waals surface area (Å²) in [5.41, 5.74) is 0.868. The van der Waals surface area contributed by atoms with E-state index in [-0.39, 0.29) is 36.5 Å². The molecule has 1 saturated heterocycles. The second-order valence-electron chi connectivity index (χ2n) is 11.4. The van der Waals surface area contributed by atoms with Gasteiger partial charge in [-0.15, -0.1) is 0 Å². The molecule has 1 aliphatic rings. The van der Waals surface area contributed by atoms with E-state index in [2.05, 4.69) is 22.9 Å². The van der Waals surface area contributed by atoms with Gasteiger partial charge in [-0.25, -0.2) is 4.79 Å². The van der Waals surface area contributed by atoms with Gasteiger partial charge in [-0.2, -0.15) is 0 Å². The van der Waals surface area contributed by atoms with Gasteiger partial charge in [0, 0.05) is 6.42 Å². The molecular formula is C31H49N3O5. The number of carbonyl (C=O) groups excluding carboxylic acids is 4. The van der Waals surface area contributed by atoms with Gasteiger partial charge in [-0.3, -0.25) is 14.4 Å². The molecule has 3 amide bonds. The summed E-state index contributed by atoms with van der Waals surface area (Å²) in [6.45, 7) is 11.7. The van der Waals surface area contributed by atoms with Crippen molar-refractivity contribution in [3.8, 4) is 0 Å². The van der Waals surface area contributed by atoms with Gasteiger partial charge in [0.25, 0.3) is 0 Å². The van der Waals surface area contributed by atoms with E-state index in [1.165, 1.54) is 0 Å². The zero-order chi connectivity index (χ0) is 28.9. The van der Waals surface area contributed by atoms with Crippen molar-refractivity contribution in [2.24, 2.45) is 17.8 Å². The Balaban J connectivity index is 2.41. The van der Waals surface area contributed by atoms with Crippen LogP contribution in [-0.2, 0) is 30.3 Å². The molecule has 1 aromatic carbocycles. The highest BCUT2D eigenvalue weighted by Gasteiger charge is 2.36. The van der Waals surface area contributed by atoms with E-state index in [9.17, 15) is 19.2 Å². The van der Waals surface area contributed by atoms with Crippen LogP contribution in [0, 0.1) is 17.8 Å². The fraction of sp³-hybridized carbons (Fsp3) is 0.677. The first kappa shape index (κ1) is 32.3. The Bertz CT molecular complexity index is 935. The van der Waals surface area contributed by atoms with Crippen LogP contribution in [0.5, 0.6) is 0 Å². The molecule has 0 aromatic heterocycles. The predicted octanol–water partition coefficient (Wildman–Crippen LogP) is 4.31. The largest absolute Gasteiger partial charge is 0.460 e. The van der Waals surface area contributed by atoms with Gasteiger partial charge >= 0.3 is 5.97 Å². The van der Waals surface area contributed by atoms with Crippen molar-refractivity contribution >= 4 is 23.7 Å². The van der Waals surface area contributed by atoms with E-state index in [1.54, 1.807) is 0 Å². The van der Waals surface area contributed by atoms with E-state index in [0.717, 1.165) is 37.7 Å². The van der Waals surface area contributed by atoms with Crippen LogP contribution in [0.3, 0.4) is 0 Å². The SMILES string of the molecule is CCCCCCC(C)C1CC(=O)N[C@@H](C(C)C)C(=O)N[C@@H](Cc2ccccc2)C(=O)N[C@H]([C@H](C)CC)C(=O)O1. The summed E-state index contributed by atoms with van der Waals surface area (Å²) in [5, 5.41) is 8.59. The van der Waals surface area contributed by atoms with Crippen LogP contribution in [0.4, 0.5) is 0 Å². The van der Waals surface area contributed by atoms with Crippen LogP contribution in [-0.4, -0.2) is 47.9 Å². The molecule has 218 valence electrons. The molecule has 6 atom stereocenters. The van der Waals surface area contributed by atoms with Crippen LogP contribution in [0.2, 0.25) is 0 Å². The average molecular weight is 544 g/mol. The predicted molar refractivity (Wildman–Crippen MR) is 153 cm³/mol. The molecule has 0 radical (unpaired) electrons.